The maximum absolute atomic E-state index is 12.6. The minimum Gasteiger partial charge on any atom is -0.341 e. The first-order valence-corrected chi connectivity index (χ1v) is 9.40. The smallest absolute Gasteiger partial charge is 0.280 e. The molecule has 0 aromatic carbocycles. The second-order valence-electron chi connectivity index (χ2n) is 5.39. The van der Waals surface area contributed by atoms with Gasteiger partial charge in [0.1, 0.15) is 11.9 Å². The Morgan fingerprint density at radius 1 is 1.29 bits per heavy atom. The van der Waals surface area contributed by atoms with Crippen LogP contribution in [0, 0.1) is 6.92 Å². The molecule has 118 valence electrons. The van der Waals surface area contributed by atoms with Crippen molar-refractivity contribution < 1.29 is 13.2 Å². The molecule has 0 saturated carbocycles. The fraction of sp³-hybridized carbons (Fsp3) is 0.692. The fourth-order valence-corrected chi connectivity index (χ4v) is 3.35. The van der Waals surface area contributed by atoms with Gasteiger partial charge in [-0.3, -0.25) is 4.79 Å². The number of aromatic nitrogens is 2. The molecule has 1 unspecified atom stereocenters. The van der Waals surface area contributed by atoms with Crippen LogP contribution in [0.15, 0.2) is 11.2 Å². The van der Waals surface area contributed by atoms with Gasteiger partial charge in [0.05, 0.1) is 0 Å². The Morgan fingerprint density at radius 3 is 2.33 bits per heavy atom. The van der Waals surface area contributed by atoms with Crippen LogP contribution in [0.1, 0.15) is 44.5 Å². The Kier molecular flexibility index (Phi) is 4.93. The minimum atomic E-state index is -3.88. The van der Waals surface area contributed by atoms with Crippen LogP contribution < -0.4 is 0 Å². The van der Waals surface area contributed by atoms with Crippen LogP contribution in [0.3, 0.4) is 0 Å². The molecule has 0 aliphatic carbocycles. The molecular formula is C13H20ClN3O3S. The number of halogens is 1. The van der Waals surface area contributed by atoms with Gasteiger partial charge in [-0.15, -0.1) is 0 Å². The molecule has 8 heteroatoms. The molecule has 0 spiro atoms. The summed E-state index contributed by atoms with van der Waals surface area (Å²) in [5, 5.41) is -0.211. The molecule has 0 radical (unpaired) electrons. The number of likely N-dealkylation sites (tertiary alicyclic amines) is 1. The number of carbonyl (C=O) groups is 1. The Hall–Kier alpha value is -1.08. The number of hydrogen-bond acceptors (Lipinski definition) is 4. The Labute approximate surface area is 129 Å². The van der Waals surface area contributed by atoms with Crippen molar-refractivity contribution >= 4 is 25.6 Å². The molecule has 6 nitrogen and oxygen atoms in total. The van der Waals surface area contributed by atoms with E-state index in [9.17, 15) is 13.2 Å². The lowest BCUT2D eigenvalue weighted by Gasteiger charge is -2.25. The number of hydrogen-bond donors (Lipinski definition) is 0. The monoisotopic (exact) mass is 333 g/mol. The molecule has 1 aliphatic rings. The number of imidazole rings is 1. The number of nitrogens with zero attached hydrogens (tertiary/aromatic N) is 3. The zero-order valence-electron chi connectivity index (χ0n) is 12.2. The Bertz CT molecular complexity index is 619. The van der Waals surface area contributed by atoms with E-state index in [4.69, 9.17) is 10.7 Å². The van der Waals surface area contributed by atoms with Crippen molar-refractivity contribution in [1.29, 1.82) is 0 Å². The fourth-order valence-electron chi connectivity index (χ4n) is 2.64. The van der Waals surface area contributed by atoms with Gasteiger partial charge in [0.25, 0.3) is 9.05 Å². The van der Waals surface area contributed by atoms with Crippen LogP contribution in [0.5, 0.6) is 0 Å². The molecule has 1 fully saturated rings. The number of rotatable bonds is 3. The van der Waals surface area contributed by atoms with E-state index in [1.165, 1.54) is 6.20 Å². The van der Waals surface area contributed by atoms with E-state index < -0.39 is 15.1 Å². The van der Waals surface area contributed by atoms with Gasteiger partial charge in [-0.05, 0) is 26.7 Å². The predicted molar refractivity (Wildman–Crippen MR) is 79.8 cm³/mol. The summed E-state index contributed by atoms with van der Waals surface area (Å²) < 4.78 is 24.2. The molecule has 2 heterocycles. The first kappa shape index (κ1) is 16.3. The second-order valence-corrected chi connectivity index (χ2v) is 7.90. The predicted octanol–water partition coefficient (Wildman–Crippen LogP) is 2.08. The summed E-state index contributed by atoms with van der Waals surface area (Å²) in [4.78, 5) is 18.3. The van der Waals surface area contributed by atoms with Crippen molar-refractivity contribution in [2.45, 2.75) is 50.6 Å². The van der Waals surface area contributed by atoms with E-state index in [-0.39, 0.29) is 10.9 Å². The standard InChI is InChI=1S/C13H20ClN3O3S/c1-10(13(18)16-7-5-3-4-6-8-16)17-9-12(15-11(17)2)21(14,19)20/h9-10H,3-8H2,1-2H3. The maximum Gasteiger partial charge on any atom is 0.280 e. The number of carbonyl (C=O) groups excluding carboxylic acids is 1. The SMILES string of the molecule is Cc1nc(S(=O)(=O)Cl)cn1C(C)C(=O)N1CCCCCC1. The van der Waals surface area contributed by atoms with Crippen LogP contribution in [0.25, 0.3) is 0 Å². The molecule has 1 aliphatic heterocycles. The van der Waals surface area contributed by atoms with Crippen LogP contribution in [-0.2, 0) is 13.8 Å². The third-order valence-electron chi connectivity index (χ3n) is 3.84. The van der Waals surface area contributed by atoms with Crippen LogP contribution in [0.4, 0.5) is 0 Å². The van der Waals surface area contributed by atoms with Crippen LogP contribution >= 0.6 is 10.7 Å². The first-order chi connectivity index (χ1) is 9.80. The minimum absolute atomic E-state index is 0.00378. The lowest BCUT2D eigenvalue weighted by Crippen LogP contribution is -2.37. The summed E-state index contributed by atoms with van der Waals surface area (Å²) in [6, 6.07) is -0.484. The van der Waals surface area contributed by atoms with Gasteiger partial charge in [0.2, 0.25) is 5.91 Å². The van der Waals surface area contributed by atoms with E-state index in [1.807, 2.05) is 4.90 Å². The van der Waals surface area contributed by atoms with Crippen molar-refractivity contribution in [3.8, 4) is 0 Å². The molecule has 2 rings (SSSR count). The zero-order valence-corrected chi connectivity index (χ0v) is 13.8. The van der Waals surface area contributed by atoms with Gasteiger partial charge in [-0.1, -0.05) is 12.8 Å². The molecule has 0 N–H and O–H groups in total. The second kappa shape index (κ2) is 6.36. The summed E-state index contributed by atoms with van der Waals surface area (Å²) in [5.74, 6) is 0.459. The third-order valence-corrected chi connectivity index (χ3v) is 5.01. The third kappa shape index (κ3) is 3.77. The summed E-state index contributed by atoms with van der Waals surface area (Å²) >= 11 is 0. The normalized spacial score (nSPS) is 18.3. The quantitative estimate of drug-likeness (QED) is 0.794. The maximum atomic E-state index is 12.6. The molecule has 1 aromatic heterocycles. The average molecular weight is 334 g/mol. The van der Waals surface area contributed by atoms with Crippen molar-refractivity contribution in [2.24, 2.45) is 0 Å². The van der Waals surface area contributed by atoms with E-state index in [0.29, 0.717) is 5.82 Å². The Morgan fingerprint density at radius 2 is 1.86 bits per heavy atom. The van der Waals surface area contributed by atoms with E-state index >= 15 is 0 Å². The molecular weight excluding hydrogens is 314 g/mol. The van der Waals surface area contributed by atoms with Crippen LogP contribution in [0.2, 0.25) is 0 Å². The van der Waals surface area contributed by atoms with Gasteiger partial charge in [0.15, 0.2) is 5.03 Å². The van der Waals surface area contributed by atoms with E-state index in [0.717, 1.165) is 38.8 Å². The highest BCUT2D eigenvalue weighted by molar-refractivity contribution is 8.13. The molecule has 0 bridgehead atoms. The zero-order chi connectivity index (χ0) is 15.6. The molecule has 1 saturated heterocycles. The van der Waals surface area contributed by atoms with Gasteiger partial charge < -0.3 is 9.47 Å². The largest absolute Gasteiger partial charge is 0.341 e. The van der Waals surface area contributed by atoms with E-state index in [1.54, 1.807) is 18.4 Å². The lowest BCUT2D eigenvalue weighted by atomic mass is 10.2. The summed E-state index contributed by atoms with van der Waals surface area (Å²) in [6.07, 6.45) is 5.66. The summed E-state index contributed by atoms with van der Waals surface area (Å²) in [6.45, 7) is 4.94. The number of aryl methyl sites for hydroxylation is 1. The average Bonchev–Trinajstić information content (AvgIpc) is 2.64. The Balaban J connectivity index is 2.21. The van der Waals surface area contributed by atoms with Gasteiger partial charge >= 0.3 is 0 Å². The van der Waals surface area contributed by atoms with E-state index in [2.05, 4.69) is 4.98 Å². The molecule has 1 atom stereocenters. The van der Waals surface area contributed by atoms with Crippen molar-refractivity contribution in [1.82, 2.24) is 14.5 Å². The highest BCUT2D eigenvalue weighted by Gasteiger charge is 2.26. The highest BCUT2D eigenvalue weighted by atomic mass is 35.7. The van der Waals surface area contributed by atoms with Crippen molar-refractivity contribution in [2.75, 3.05) is 13.1 Å². The van der Waals surface area contributed by atoms with Crippen molar-refractivity contribution in [3.63, 3.8) is 0 Å². The van der Waals surface area contributed by atoms with Gasteiger partial charge in [-0.2, -0.15) is 0 Å². The van der Waals surface area contributed by atoms with Crippen LogP contribution in [-0.4, -0.2) is 41.9 Å². The molecule has 1 amide bonds. The van der Waals surface area contributed by atoms with Crippen molar-refractivity contribution in [3.05, 3.63) is 12.0 Å². The topological polar surface area (TPSA) is 72.3 Å². The van der Waals surface area contributed by atoms with Gasteiger partial charge in [0, 0.05) is 30.0 Å². The lowest BCUT2D eigenvalue weighted by molar-refractivity contribution is -0.134. The molecule has 21 heavy (non-hydrogen) atoms. The first-order valence-electron chi connectivity index (χ1n) is 7.09. The summed E-state index contributed by atoms with van der Waals surface area (Å²) in [7, 11) is 1.42. The number of amides is 1. The molecule has 1 aromatic rings. The highest BCUT2D eigenvalue weighted by Crippen LogP contribution is 2.20. The summed E-state index contributed by atoms with van der Waals surface area (Å²) in [5.41, 5.74) is 0. The van der Waals surface area contributed by atoms with Gasteiger partial charge in [-0.25, -0.2) is 13.4 Å².